The Morgan fingerprint density at radius 3 is 2.40 bits per heavy atom. The van der Waals surface area contributed by atoms with E-state index in [1.807, 2.05) is 11.8 Å². The summed E-state index contributed by atoms with van der Waals surface area (Å²) in [5, 5.41) is 3.28. The monoisotopic (exact) mass is 296 g/mol. The van der Waals surface area contributed by atoms with Gasteiger partial charge in [-0.2, -0.15) is 0 Å². The summed E-state index contributed by atoms with van der Waals surface area (Å²) in [6.45, 7) is 5.19. The summed E-state index contributed by atoms with van der Waals surface area (Å²) in [5.74, 6) is 0.164. The average molecular weight is 297 g/mol. The summed E-state index contributed by atoms with van der Waals surface area (Å²) < 4.78 is 0. The molecular formula is C15H21ClN2O2. The molecule has 0 aromatic heterocycles. The fourth-order valence-electron chi connectivity index (χ4n) is 2.23. The number of ketones is 1. The Labute approximate surface area is 125 Å². The minimum atomic E-state index is 0. The van der Waals surface area contributed by atoms with Crippen molar-refractivity contribution in [3.05, 3.63) is 35.4 Å². The third kappa shape index (κ3) is 4.05. The molecule has 110 valence electrons. The van der Waals surface area contributed by atoms with Gasteiger partial charge in [0, 0.05) is 37.2 Å². The second kappa shape index (κ2) is 8.02. The van der Waals surface area contributed by atoms with E-state index in [4.69, 9.17) is 0 Å². The fourth-order valence-corrected chi connectivity index (χ4v) is 2.23. The van der Waals surface area contributed by atoms with Gasteiger partial charge in [0.1, 0.15) is 0 Å². The van der Waals surface area contributed by atoms with Gasteiger partial charge in [0.2, 0.25) is 0 Å². The van der Waals surface area contributed by atoms with Crippen LogP contribution in [0.2, 0.25) is 0 Å². The van der Waals surface area contributed by atoms with Gasteiger partial charge in [0.05, 0.1) is 0 Å². The lowest BCUT2D eigenvalue weighted by Crippen LogP contribution is -2.34. The van der Waals surface area contributed by atoms with Crippen LogP contribution in [0.5, 0.6) is 0 Å². The lowest BCUT2D eigenvalue weighted by molar-refractivity contribution is 0.0766. The number of hydrogen-bond donors (Lipinski definition) is 1. The van der Waals surface area contributed by atoms with Crippen LogP contribution in [0.15, 0.2) is 24.3 Å². The van der Waals surface area contributed by atoms with E-state index in [-0.39, 0.29) is 24.1 Å². The predicted molar refractivity (Wildman–Crippen MR) is 81.7 cm³/mol. The van der Waals surface area contributed by atoms with Gasteiger partial charge in [-0.05, 0) is 25.1 Å². The van der Waals surface area contributed by atoms with Crippen molar-refractivity contribution in [2.24, 2.45) is 0 Å². The van der Waals surface area contributed by atoms with Crippen LogP contribution >= 0.6 is 12.4 Å². The minimum absolute atomic E-state index is 0. The molecule has 0 saturated carbocycles. The molecule has 0 unspecified atom stereocenters. The SMILES string of the molecule is CCC(=O)c1ccc(C(=O)N2CCCNCC2)cc1.Cl. The van der Waals surface area contributed by atoms with Gasteiger partial charge in [0.15, 0.2) is 5.78 Å². The second-order valence-electron chi connectivity index (χ2n) is 4.75. The van der Waals surface area contributed by atoms with Crippen molar-refractivity contribution in [1.29, 1.82) is 0 Å². The minimum Gasteiger partial charge on any atom is -0.337 e. The van der Waals surface area contributed by atoms with E-state index in [0.717, 1.165) is 32.6 Å². The normalized spacial score (nSPS) is 15.2. The Morgan fingerprint density at radius 1 is 1.10 bits per heavy atom. The number of benzene rings is 1. The predicted octanol–water partition coefficient (Wildman–Crippen LogP) is 2.14. The van der Waals surface area contributed by atoms with Crippen LogP contribution in [0.4, 0.5) is 0 Å². The molecule has 1 amide bonds. The standard InChI is InChI=1S/C15H20N2O2.ClH/c1-2-14(18)12-4-6-13(7-5-12)15(19)17-10-3-8-16-9-11-17;/h4-7,16H,2-3,8-11H2,1H3;1H. The molecule has 1 aliphatic rings. The Balaban J connectivity index is 0.00000200. The van der Waals surface area contributed by atoms with E-state index in [1.54, 1.807) is 24.3 Å². The van der Waals surface area contributed by atoms with E-state index in [1.165, 1.54) is 0 Å². The molecule has 4 nitrogen and oxygen atoms in total. The molecular weight excluding hydrogens is 276 g/mol. The highest BCUT2D eigenvalue weighted by atomic mass is 35.5. The molecule has 20 heavy (non-hydrogen) atoms. The van der Waals surface area contributed by atoms with E-state index < -0.39 is 0 Å². The molecule has 1 aromatic carbocycles. The fraction of sp³-hybridized carbons (Fsp3) is 0.467. The third-order valence-electron chi connectivity index (χ3n) is 3.40. The van der Waals surface area contributed by atoms with Gasteiger partial charge in [-0.3, -0.25) is 9.59 Å². The van der Waals surface area contributed by atoms with Gasteiger partial charge in [-0.1, -0.05) is 19.1 Å². The number of Topliss-reactive ketones (excluding diaryl/α,β-unsaturated/α-hetero) is 1. The number of rotatable bonds is 3. The maximum Gasteiger partial charge on any atom is 0.253 e. The highest BCUT2D eigenvalue weighted by Crippen LogP contribution is 2.10. The van der Waals surface area contributed by atoms with Crippen molar-refractivity contribution in [1.82, 2.24) is 10.2 Å². The van der Waals surface area contributed by atoms with Crippen molar-refractivity contribution in [2.75, 3.05) is 26.2 Å². The molecule has 0 radical (unpaired) electrons. The van der Waals surface area contributed by atoms with Crippen LogP contribution in [-0.2, 0) is 0 Å². The van der Waals surface area contributed by atoms with Crippen LogP contribution in [0.1, 0.15) is 40.5 Å². The number of amides is 1. The lowest BCUT2D eigenvalue weighted by atomic mass is 10.1. The Bertz CT molecular complexity index is 451. The molecule has 1 aromatic rings. The Hall–Kier alpha value is -1.39. The van der Waals surface area contributed by atoms with Gasteiger partial charge in [0.25, 0.3) is 5.91 Å². The van der Waals surface area contributed by atoms with Gasteiger partial charge >= 0.3 is 0 Å². The van der Waals surface area contributed by atoms with Crippen LogP contribution in [0.3, 0.4) is 0 Å². The maximum atomic E-state index is 12.3. The van der Waals surface area contributed by atoms with Gasteiger partial charge < -0.3 is 10.2 Å². The summed E-state index contributed by atoms with van der Waals surface area (Å²) in [4.78, 5) is 25.7. The number of carbonyl (C=O) groups is 2. The average Bonchev–Trinajstić information content (AvgIpc) is 2.75. The first-order valence-corrected chi connectivity index (χ1v) is 6.85. The molecule has 1 N–H and O–H groups in total. The van der Waals surface area contributed by atoms with E-state index >= 15 is 0 Å². The molecule has 1 saturated heterocycles. The summed E-state index contributed by atoms with van der Waals surface area (Å²) in [6, 6.07) is 7.00. The zero-order valence-electron chi connectivity index (χ0n) is 11.7. The smallest absolute Gasteiger partial charge is 0.253 e. The summed E-state index contributed by atoms with van der Waals surface area (Å²) >= 11 is 0. The topological polar surface area (TPSA) is 49.4 Å². The van der Waals surface area contributed by atoms with Gasteiger partial charge in [-0.15, -0.1) is 12.4 Å². The second-order valence-corrected chi connectivity index (χ2v) is 4.75. The van der Waals surface area contributed by atoms with Crippen molar-refractivity contribution in [3.63, 3.8) is 0 Å². The van der Waals surface area contributed by atoms with E-state index in [0.29, 0.717) is 17.5 Å². The lowest BCUT2D eigenvalue weighted by Gasteiger charge is -2.20. The number of hydrogen-bond acceptors (Lipinski definition) is 3. The van der Waals surface area contributed by atoms with Crippen LogP contribution < -0.4 is 5.32 Å². The summed E-state index contributed by atoms with van der Waals surface area (Å²) in [7, 11) is 0. The molecule has 1 fully saturated rings. The third-order valence-corrected chi connectivity index (χ3v) is 3.40. The molecule has 0 atom stereocenters. The van der Waals surface area contributed by atoms with Gasteiger partial charge in [-0.25, -0.2) is 0 Å². The summed E-state index contributed by atoms with van der Waals surface area (Å²) in [6.07, 6.45) is 1.48. The summed E-state index contributed by atoms with van der Waals surface area (Å²) in [5.41, 5.74) is 1.34. The first kappa shape index (κ1) is 16.7. The molecule has 2 rings (SSSR count). The maximum absolute atomic E-state index is 12.3. The van der Waals surface area contributed by atoms with Crippen LogP contribution in [0.25, 0.3) is 0 Å². The number of nitrogens with one attached hydrogen (secondary N) is 1. The molecule has 5 heteroatoms. The molecule has 0 bridgehead atoms. The first-order chi connectivity index (χ1) is 9.22. The highest BCUT2D eigenvalue weighted by molar-refractivity contribution is 5.98. The zero-order valence-corrected chi connectivity index (χ0v) is 12.5. The highest BCUT2D eigenvalue weighted by Gasteiger charge is 2.17. The number of carbonyl (C=O) groups excluding carboxylic acids is 2. The first-order valence-electron chi connectivity index (χ1n) is 6.85. The molecule has 0 aliphatic carbocycles. The van der Waals surface area contributed by atoms with Crippen molar-refractivity contribution >= 4 is 24.1 Å². The molecule has 0 spiro atoms. The Kier molecular flexibility index (Phi) is 6.68. The molecule has 1 aliphatic heterocycles. The van der Waals surface area contributed by atoms with Crippen molar-refractivity contribution in [3.8, 4) is 0 Å². The Morgan fingerprint density at radius 2 is 1.75 bits per heavy atom. The van der Waals surface area contributed by atoms with Crippen molar-refractivity contribution in [2.45, 2.75) is 19.8 Å². The molecule has 1 heterocycles. The number of halogens is 1. The van der Waals surface area contributed by atoms with Crippen molar-refractivity contribution < 1.29 is 9.59 Å². The van der Waals surface area contributed by atoms with Crippen LogP contribution in [-0.4, -0.2) is 42.8 Å². The van der Waals surface area contributed by atoms with Crippen LogP contribution in [0, 0.1) is 0 Å². The largest absolute Gasteiger partial charge is 0.337 e. The zero-order chi connectivity index (χ0) is 13.7. The van der Waals surface area contributed by atoms with E-state index in [9.17, 15) is 9.59 Å². The number of nitrogens with zero attached hydrogens (tertiary/aromatic N) is 1. The van der Waals surface area contributed by atoms with E-state index in [2.05, 4.69) is 5.32 Å². The quantitative estimate of drug-likeness (QED) is 0.870.